The second-order valence-electron chi connectivity index (χ2n) is 8.77. The summed E-state index contributed by atoms with van der Waals surface area (Å²) in [5.74, 6) is -1.09. The van der Waals surface area contributed by atoms with Gasteiger partial charge >= 0.3 is 12.1 Å². The van der Waals surface area contributed by atoms with Crippen molar-refractivity contribution in [2.24, 2.45) is 0 Å². The van der Waals surface area contributed by atoms with Crippen LogP contribution in [0.5, 0.6) is 0 Å². The summed E-state index contributed by atoms with van der Waals surface area (Å²) in [7, 11) is 1.82. The summed E-state index contributed by atoms with van der Waals surface area (Å²) in [6.45, 7) is 2.29. The second-order valence-corrected chi connectivity index (χ2v) is 9.80. The number of carbonyl (C=O) groups excluding carboxylic acids is 1. The highest BCUT2D eigenvalue weighted by molar-refractivity contribution is 7.22. The molecule has 38 heavy (non-hydrogen) atoms. The molecule has 2 heterocycles. The molecule has 0 aliphatic rings. The highest BCUT2D eigenvalue weighted by Crippen LogP contribution is 2.29. The van der Waals surface area contributed by atoms with E-state index in [9.17, 15) is 18.0 Å². The fraction of sp³-hybridized carbons (Fsp3) is 0.333. The molecule has 0 aliphatic heterocycles. The van der Waals surface area contributed by atoms with Crippen LogP contribution < -0.4 is 10.2 Å². The third-order valence-electron chi connectivity index (χ3n) is 5.79. The number of alkyl halides is 3. The number of nitrogens with zero attached hydrogens (tertiary/aromatic N) is 4. The SMILES string of the molecule is CCc1ccc2nc(Nc3cc(Cc4ccccc4)nc(N(C)CCCCOC(=O)C(F)(F)F)n3)sc2c1. The van der Waals surface area contributed by atoms with Crippen LogP contribution in [-0.4, -0.2) is 47.3 Å². The van der Waals surface area contributed by atoms with Crippen LogP contribution >= 0.6 is 11.3 Å². The van der Waals surface area contributed by atoms with Gasteiger partial charge in [-0.2, -0.15) is 18.2 Å². The molecule has 0 saturated heterocycles. The maximum Gasteiger partial charge on any atom is 0.490 e. The zero-order chi connectivity index (χ0) is 27.1. The zero-order valence-corrected chi connectivity index (χ0v) is 21.9. The molecular weight excluding hydrogens is 515 g/mol. The van der Waals surface area contributed by atoms with Crippen molar-refractivity contribution in [2.75, 3.05) is 30.4 Å². The van der Waals surface area contributed by atoms with E-state index >= 15 is 0 Å². The minimum absolute atomic E-state index is 0.284. The van der Waals surface area contributed by atoms with Crippen molar-refractivity contribution in [3.63, 3.8) is 0 Å². The van der Waals surface area contributed by atoms with E-state index in [1.54, 1.807) is 11.3 Å². The van der Waals surface area contributed by atoms with Gasteiger partial charge in [-0.05, 0) is 42.5 Å². The molecule has 4 aromatic rings. The molecule has 11 heteroatoms. The van der Waals surface area contributed by atoms with Crippen molar-refractivity contribution >= 4 is 44.4 Å². The van der Waals surface area contributed by atoms with Gasteiger partial charge in [0, 0.05) is 26.1 Å². The Kier molecular flexibility index (Phi) is 8.77. The number of ether oxygens (including phenoxy) is 1. The first kappa shape index (κ1) is 27.3. The van der Waals surface area contributed by atoms with Crippen LogP contribution in [0.15, 0.2) is 54.6 Å². The Bertz CT molecular complexity index is 1380. The average molecular weight is 544 g/mol. The number of unbranched alkanes of at least 4 members (excludes halogenated alkanes) is 1. The summed E-state index contributed by atoms with van der Waals surface area (Å²) >= 11 is 1.55. The first-order valence-corrected chi connectivity index (χ1v) is 13.1. The standard InChI is InChI=1S/C27H28F3N5O2S/c1-3-18-11-12-21-22(16-18)38-26(32-21)34-23-17-20(15-19-9-5-4-6-10-19)31-25(33-23)35(2)13-7-8-14-37-24(36)27(28,29)30/h4-6,9-12,16-17H,3,7-8,13-15H2,1-2H3,(H,31,32,33,34). The molecule has 1 N–H and O–H groups in total. The molecule has 2 aromatic carbocycles. The minimum atomic E-state index is -4.98. The van der Waals surface area contributed by atoms with E-state index < -0.39 is 12.1 Å². The predicted molar refractivity (Wildman–Crippen MR) is 143 cm³/mol. The van der Waals surface area contributed by atoms with Crippen LogP contribution in [0.4, 0.5) is 30.1 Å². The summed E-state index contributed by atoms with van der Waals surface area (Å²) in [6, 6.07) is 18.1. The van der Waals surface area contributed by atoms with E-state index in [2.05, 4.69) is 39.1 Å². The molecule has 0 radical (unpaired) electrons. The molecule has 7 nitrogen and oxygen atoms in total. The van der Waals surface area contributed by atoms with Crippen molar-refractivity contribution in [3.05, 3.63) is 71.4 Å². The van der Waals surface area contributed by atoms with E-state index in [4.69, 9.17) is 4.98 Å². The number of nitrogens with one attached hydrogen (secondary N) is 1. The number of aryl methyl sites for hydroxylation is 1. The summed E-state index contributed by atoms with van der Waals surface area (Å²) < 4.78 is 42.2. The fourth-order valence-electron chi connectivity index (χ4n) is 3.76. The first-order chi connectivity index (χ1) is 18.2. The molecule has 2 aromatic heterocycles. The number of fused-ring (bicyclic) bond motifs is 1. The van der Waals surface area contributed by atoms with Gasteiger partial charge in [0.1, 0.15) is 5.82 Å². The van der Waals surface area contributed by atoms with E-state index in [1.807, 2.05) is 54.4 Å². The molecule has 0 fully saturated rings. The number of anilines is 3. The monoisotopic (exact) mass is 543 g/mol. The Morgan fingerprint density at radius 1 is 1.03 bits per heavy atom. The number of benzene rings is 2. The van der Waals surface area contributed by atoms with E-state index in [-0.39, 0.29) is 13.0 Å². The summed E-state index contributed by atoms with van der Waals surface area (Å²) in [5, 5.41) is 4.04. The Labute approximate surface area is 222 Å². The Balaban J connectivity index is 1.48. The van der Waals surface area contributed by atoms with Gasteiger partial charge in [-0.3, -0.25) is 0 Å². The number of halogens is 3. The van der Waals surface area contributed by atoms with Crippen LogP contribution in [0, 0.1) is 0 Å². The molecule has 0 atom stereocenters. The lowest BCUT2D eigenvalue weighted by Gasteiger charge is -2.19. The van der Waals surface area contributed by atoms with Gasteiger partial charge in [-0.25, -0.2) is 14.8 Å². The van der Waals surface area contributed by atoms with Crippen molar-refractivity contribution in [2.45, 2.75) is 38.8 Å². The second kappa shape index (κ2) is 12.2. The normalized spacial score (nSPS) is 11.5. The number of carbonyl (C=O) groups is 1. The highest BCUT2D eigenvalue weighted by atomic mass is 32.1. The van der Waals surface area contributed by atoms with Crippen LogP contribution in [0.25, 0.3) is 10.2 Å². The van der Waals surface area contributed by atoms with E-state index in [0.29, 0.717) is 31.2 Å². The maximum absolute atomic E-state index is 12.3. The average Bonchev–Trinajstić information content (AvgIpc) is 3.29. The molecule has 0 saturated carbocycles. The van der Waals surface area contributed by atoms with Crippen molar-refractivity contribution in [3.8, 4) is 0 Å². The van der Waals surface area contributed by atoms with Gasteiger partial charge < -0.3 is 15.0 Å². The first-order valence-electron chi connectivity index (χ1n) is 12.2. The van der Waals surface area contributed by atoms with Crippen molar-refractivity contribution < 1.29 is 22.7 Å². The minimum Gasteiger partial charge on any atom is -0.459 e. The van der Waals surface area contributed by atoms with Gasteiger partial charge in [0.05, 0.1) is 22.5 Å². The summed E-state index contributed by atoms with van der Waals surface area (Å²) in [4.78, 5) is 26.8. The molecule has 0 spiro atoms. The number of aromatic nitrogens is 3. The highest BCUT2D eigenvalue weighted by Gasteiger charge is 2.40. The van der Waals surface area contributed by atoms with Crippen molar-refractivity contribution in [1.82, 2.24) is 15.0 Å². The molecule has 0 aliphatic carbocycles. The van der Waals surface area contributed by atoms with Gasteiger partial charge in [-0.1, -0.05) is 54.7 Å². The third-order valence-corrected chi connectivity index (χ3v) is 6.72. The largest absolute Gasteiger partial charge is 0.490 e. The van der Waals surface area contributed by atoms with Gasteiger partial charge in [-0.15, -0.1) is 0 Å². The lowest BCUT2D eigenvalue weighted by Crippen LogP contribution is -2.26. The maximum atomic E-state index is 12.3. The van der Waals surface area contributed by atoms with Crippen LogP contribution in [0.1, 0.15) is 36.6 Å². The van der Waals surface area contributed by atoms with Crippen LogP contribution in [0.2, 0.25) is 0 Å². The Hall–Kier alpha value is -3.73. The zero-order valence-electron chi connectivity index (χ0n) is 21.1. The summed E-state index contributed by atoms with van der Waals surface area (Å²) in [6.07, 6.45) is -2.65. The summed E-state index contributed by atoms with van der Waals surface area (Å²) in [5.41, 5.74) is 4.07. The van der Waals surface area contributed by atoms with Crippen LogP contribution in [-0.2, 0) is 22.4 Å². The molecule has 0 amide bonds. The lowest BCUT2D eigenvalue weighted by atomic mass is 10.1. The van der Waals surface area contributed by atoms with Crippen molar-refractivity contribution in [1.29, 1.82) is 0 Å². The van der Waals surface area contributed by atoms with Crippen LogP contribution in [0.3, 0.4) is 0 Å². The van der Waals surface area contributed by atoms with Gasteiger partial charge in [0.15, 0.2) is 5.13 Å². The Morgan fingerprint density at radius 2 is 1.82 bits per heavy atom. The van der Waals surface area contributed by atoms with Gasteiger partial charge in [0.25, 0.3) is 0 Å². The number of esters is 1. The molecule has 4 rings (SSSR count). The smallest absolute Gasteiger partial charge is 0.459 e. The van der Waals surface area contributed by atoms with E-state index in [1.165, 1.54) is 5.56 Å². The number of thiazole rings is 1. The predicted octanol–water partition coefficient (Wildman–Crippen LogP) is 6.31. The number of rotatable bonds is 11. The molecular formula is C27H28F3N5O2S. The fourth-order valence-corrected chi connectivity index (χ4v) is 4.70. The number of hydrogen-bond donors (Lipinski definition) is 1. The van der Waals surface area contributed by atoms with Gasteiger partial charge in [0.2, 0.25) is 5.95 Å². The third kappa shape index (κ3) is 7.41. The molecule has 0 bridgehead atoms. The lowest BCUT2D eigenvalue weighted by molar-refractivity contribution is -0.199. The molecule has 0 unspecified atom stereocenters. The topological polar surface area (TPSA) is 80.2 Å². The molecule has 200 valence electrons. The quantitative estimate of drug-likeness (QED) is 0.176. The number of hydrogen-bond acceptors (Lipinski definition) is 8. The Morgan fingerprint density at radius 3 is 2.55 bits per heavy atom. The van der Waals surface area contributed by atoms with E-state index in [0.717, 1.165) is 33.0 Å².